The van der Waals surface area contributed by atoms with Gasteiger partial charge in [-0.15, -0.1) is 0 Å². The van der Waals surface area contributed by atoms with Crippen LogP contribution in [0.5, 0.6) is 0 Å². The molecule has 106 valence electrons. The smallest absolute Gasteiger partial charge is 0.251 e. The van der Waals surface area contributed by atoms with Gasteiger partial charge in [0.25, 0.3) is 5.91 Å². The minimum absolute atomic E-state index is 0.00287. The zero-order chi connectivity index (χ0) is 14.3. The second kappa shape index (κ2) is 7.82. The van der Waals surface area contributed by atoms with Gasteiger partial charge >= 0.3 is 0 Å². The van der Waals surface area contributed by atoms with E-state index in [1.54, 1.807) is 0 Å². The van der Waals surface area contributed by atoms with Gasteiger partial charge in [-0.2, -0.15) is 0 Å². The van der Waals surface area contributed by atoms with Crippen molar-refractivity contribution in [1.29, 1.82) is 0 Å². The van der Waals surface area contributed by atoms with Crippen LogP contribution in [0.3, 0.4) is 0 Å². The maximum atomic E-state index is 11.9. The number of benzene rings is 1. The van der Waals surface area contributed by atoms with Crippen molar-refractivity contribution in [1.82, 2.24) is 5.32 Å². The Morgan fingerprint density at radius 1 is 1.26 bits per heavy atom. The average molecular weight is 262 g/mol. The number of carbonyl (C=O) groups excluding carboxylic acids is 1. The molecule has 0 saturated heterocycles. The van der Waals surface area contributed by atoms with Crippen LogP contribution in [0.4, 0.5) is 5.69 Å². The predicted octanol–water partition coefficient (Wildman–Crippen LogP) is 3.67. The van der Waals surface area contributed by atoms with Crippen molar-refractivity contribution in [3.63, 3.8) is 0 Å². The van der Waals surface area contributed by atoms with Gasteiger partial charge < -0.3 is 10.6 Å². The summed E-state index contributed by atoms with van der Waals surface area (Å²) in [5, 5.41) is 6.40. The molecule has 0 aliphatic rings. The summed E-state index contributed by atoms with van der Waals surface area (Å²) in [6.45, 7) is 9.36. The fourth-order valence-electron chi connectivity index (χ4n) is 2.05. The van der Waals surface area contributed by atoms with Gasteiger partial charge in [0.05, 0.1) is 0 Å². The third kappa shape index (κ3) is 4.93. The van der Waals surface area contributed by atoms with Gasteiger partial charge in [0, 0.05) is 23.8 Å². The van der Waals surface area contributed by atoms with E-state index in [2.05, 4.69) is 31.4 Å². The molecule has 1 aromatic rings. The number of anilines is 1. The van der Waals surface area contributed by atoms with Gasteiger partial charge in [0.1, 0.15) is 0 Å². The van der Waals surface area contributed by atoms with E-state index in [1.165, 1.54) is 0 Å². The van der Waals surface area contributed by atoms with Crippen molar-refractivity contribution < 1.29 is 4.79 Å². The molecule has 1 aromatic carbocycles. The molecular weight excluding hydrogens is 236 g/mol. The van der Waals surface area contributed by atoms with Crippen molar-refractivity contribution in [2.24, 2.45) is 5.92 Å². The fourth-order valence-corrected chi connectivity index (χ4v) is 2.05. The molecule has 2 N–H and O–H groups in total. The van der Waals surface area contributed by atoms with Crippen LogP contribution >= 0.6 is 0 Å². The largest absolute Gasteiger partial charge is 0.382 e. The van der Waals surface area contributed by atoms with Crippen LogP contribution in [0.15, 0.2) is 24.3 Å². The lowest BCUT2D eigenvalue weighted by molar-refractivity contribution is 0.0953. The van der Waals surface area contributed by atoms with E-state index in [9.17, 15) is 4.79 Å². The highest BCUT2D eigenvalue weighted by molar-refractivity contribution is 5.95. The summed E-state index contributed by atoms with van der Waals surface area (Å²) >= 11 is 0. The van der Waals surface area contributed by atoms with Gasteiger partial charge in [0.15, 0.2) is 0 Å². The average Bonchev–Trinajstić information content (AvgIpc) is 2.42. The maximum absolute atomic E-state index is 11.9. The van der Waals surface area contributed by atoms with E-state index in [4.69, 9.17) is 0 Å². The van der Waals surface area contributed by atoms with Crippen LogP contribution in [0.1, 0.15) is 50.9 Å². The minimum Gasteiger partial charge on any atom is -0.382 e. The van der Waals surface area contributed by atoms with Crippen LogP contribution in [0, 0.1) is 5.92 Å². The van der Waals surface area contributed by atoms with E-state index in [0.717, 1.165) is 30.6 Å². The highest BCUT2D eigenvalue weighted by atomic mass is 16.1. The minimum atomic E-state index is 0.00287. The molecule has 1 atom stereocenters. The lowest BCUT2D eigenvalue weighted by atomic mass is 10.0. The molecule has 0 aromatic heterocycles. The van der Waals surface area contributed by atoms with E-state index < -0.39 is 0 Å². The predicted molar refractivity (Wildman–Crippen MR) is 81.6 cm³/mol. The summed E-state index contributed by atoms with van der Waals surface area (Å²) in [6, 6.07) is 8.16. The Balaban J connectivity index is 2.73. The lowest BCUT2D eigenvalue weighted by Crippen LogP contribution is -2.26. The molecular formula is C16H26N2O. The zero-order valence-electron chi connectivity index (χ0n) is 12.5. The molecule has 0 saturated carbocycles. The number of hydrogen-bond donors (Lipinski definition) is 2. The quantitative estimate of drug-likeness (QED) is 0.787. The molecule has 3 nitrogen and oxygen atoms in total. The van der Waals surface area contributed by atoms with E-state index in [0.29, 0.717) is 12.0 Å². The number of hydrogen-bond acceptors (Lipinski definition) is 2. The molecule has 0 fully saturated rings. The normalized spacial score (nSPS) is 12.3. The van der Waals surface area contributed by atoms with E-state index in [1.807, 2.05) is 31.2 Å². The highest BCUT2D eigenvalue weighted by Gasteiger charge is 2.11. The molecule has 1 unspecified atom stereocenters. The molecule has 1 rings (SSSR count). The first-order valence-electron chi connectivity index (χ1n) is 7.23. The van der Waals surface area contributed by atoms with Crippen LogP contribution < -0.4 is 10.6 Å². The van der Waals surface area contributed by atoms with Crippen molar-refractivity contribution >= 4 is 11.6 Å². The molecule has 19 heavy (non-hydrogen) atoms. The summed E-state index contributed by atoms with van der Waals surface area (Å²) in [4.78, 5) is 11.9. The monoisotopic (exact) mass is 262 g/mol. The number of amides is 1. The number of carbonyl (C=O) groups is 1. The maximum Gasteiger partial charge on any atom is 0.251 e. The number of nitrogens with one attached hydrogen (secondary N) is 2. The van der Waals surface area contributed by atoms with Gasteiger partial charge in [-0.1, -0.05) is 33.8 Å². The molecule has 0 aliphatic carbocycles. The Kier molecular flexibility index (Phi) is 6.40. The fraction of sp³-hybridized carbons (Fsp3) is 0.562. The topological polar surface area (TPSA) is 41.1 Å². The summed E-state index contributed by atoms with van der Waals surface area (Å²) < 4.78 is 0. The molecule has 0 aliphatic heterocycles. The Labute approximate surface area is 116 Å². The van der Waals surface area contributed by atoms with Crippen LogP contribution in [0.25, 0.3) is 0 Å². The van der Waals surface area contributed by atoms with Gasteiger partial charge in [-0.3, -0.25) is 4.79 Å². The Morgan fingerprint density at radius 2 is 2.00 bits per heavy atom. The summed E-state index contributed by atoms with van der Waals surface area (Å²) in [5.74, 6) is 0.575. The third-order valence-corrected chi connectivity index (χ3v) is 3.26. The van der Waals surface area contributed by atoms with Crippen molar-refractivity contribution in [3.05, 3.63) is 29.8 Å². The molecule has 0 bridgehead atoms. The summed E-state index contributed by atoms with van der Waals surface area (Å²) in [7, 11) is 0. The van der Waals surface area contributed by atoms with Gasteiger partial charge in [-0.25, -0.2) is 0 Å². The van der Waals surface area contributed by atoms with E-state index in [-0.39, 0.29) is 5.91 Å². The molecule has 0 spiro atoms. The first kappa shape index (κ1) is 15.5. The SMILES string of the molecule is CCCNC(=O)c1cccc(NC(CC)C(C)C)c1. The van der Waals surface area contributed by atoms with E-state index >= 15 is 0 Å². The molecule has 3 heteroatoms. The van der Waals surface area contributed by atoms with Crippen LogP contribution in [-0.4, -0.2) is 18.5 Å². The molecule has 0 heterocycles. The summed E-state index contributed by atoms with van der Waals surface area (Å²) in [6.07, 6.45) is 2.03. The van der Waals surface area contributed by atoms with Crippen LogP contribution in [0.2, 0.25) is 0 Å². The van der Waals surface area contributed by atoms with Crippen molar-refractivity contribution in [3.8, 4) is 0 Å². The molecule has 1 amide bonds. The number of rotatable bonds is 7. The van der Waals surface area contributed by atoms with Gasteiger partial charge in [-0.05, 0) is 37.0 Å². The van der Waals surface area contributed by atoms with Crippen molar-refractivity contribution in [2.45, 2.75) is 46.6 Å². The molecule has 0 radical (unpaired) electrons. The third-order valence-electron chi connectivity index (χ3n) is 3.26. The van der Waals surface area contributed by atoms with Gasteiger partial charge in [0.2, 0.25) is 0 Å². The second-order valence-corrected chi connectivity index (χ2v) is 5.24. The first-order chi connectivity index (χ1) is 9.08. The summed E-state index contributed by atoms with van der Waals surface area (Å²) in [5.41, 5.74) is 1.74. The highest BCUT2D eigenvalue weighted by Crippen LogP contribution is 2.16. The Bertz CT molecular complexity index is 401. The van der Waals surface area contributed by atoms with Crippen LogP contribution in [-0.2, 0) is 0 Å². The lowest BCUT2D eigenvalue weighted by Gasteiger charge is -2.22. The Morgan fingerprint density at radius 3 is 2.58 bits per heavy atom. The standard InChI is InChI=1S/C16H26N2O/c1-5-10-17-16(19)13-8-7-9-14(11-13)18-15(6-2)12(3)4/h7-9,11-12,15,18H,5-6,10H2,1-4H3,(H,17,19). The zero-order valence-corrected chi connectivity index (χ0v) is 12.5. The van der Waals surface area contributed by atoms with Crippen molar-refractivity contribution in [2.75, 3.05) is 11.9 Å². The first-order valence-corrected chi connectivity index (χ1v) is 7.23. The second-order valence-electron chi connectivity index (χ2n) is 5.24. The Hall–Kier alpha value is -1.51.